The van der Waals surface area contributed by atoms with Gasteiger partial charge in [0.2, 0.25) is 0 Å². The minimum Gasteiger partial charge on any atom is -0.486 e. The van der Waals surface area contributed by atoms with Crippen LogP contribution in [0.4, 0.5) is 0 Å². The zero-order valence-electron chi connectivity index (χ0n) is 15.7. The van der Waals surface area contributed by atoms with Crippen molar-refractivity contribution in [1.82, 2.24) is 9.97 Å². The first kappa shape index (κ1) is 18.3. The molecule has 146 valence electrons. The molecule has 0 radical (unpaired) electrons. The van der Waals surface area contributed by atoms with Crippen LogP contribution in [0, 0.1) is 0 Å². The lowest BCUT2D eigenvalue weighted by atomic mass is 10.1. The molecule has 2 aromatic heterocycles. The average molecular weight is 423 g/mol. The van der Waals surface area contributed by atoms with Crippen molar-refractivity contribution >= 4 is 33.3 Å². The number of benzene rings is 2. The second kappa shape index (κ2) is 7.57. The molecule has 5 nitrogen and oxygen atoms in total. The Morgan fingerprint density at radius 2 is 1.90 bits per heavy atom. The Kier molecular flexibility index (Phi) is 4.77. The molecule has 0 amide bonds. The molecule has 0 spiro atoms. The maximum Gasteiger partial charge on any atom is 0.260 e. The van der Waals surface area contributed by atoms with E-state index in [0.29, 0.717) is 24.4 Å². The molecule has 0 aliphatic carbocycles. The zero-order valence-corrected chi connectivity index (χ0v) is 17.3. The number of thiophene rings is 1. The highest BCUT2D eigenvalue weighted by atomic mass is 32.2. The lowest BCUT2D eigenvalue weighted by Crippen LogP contribution is -2.15. The summed E-state index contributed by atoms with van der Waals surface area (Å²) >= 11 is 3.13. The smallest absolute Gasteiger partial charge is 0.260 e. The molecule has 29 heavy (non-hydrogen) atoms. The van der Waals surface area contributed by atoms with Crippen molar-refractivity contribution < 1.29 is 9.47 Å². The molecule has 0 saturated heterocycles. The number of rotatable bonds is 4. The maximum atomic E-state index is 12.9. The van der Waals surface area contributed by atoms with Crippen molar-refractivity contribution in [3.63, 3.8) is 0 Å². The minimum absolute atomic E-state index is 0.0167. The van der Waals surface area contributed by atoms with Gasteiger partial charge < -0.3 is 14.5 Å². The Bertz CT molecular complexity index is 1230. The molecule has 0 bridgehead atoms. The number of hydrogen-bond acceptors (Lipinski definition) is 6. The first-order valence-corrected chi connectivity index (χ1v) is 11.1. The first-order valence-electron chi connectivity index (χ1n) is 9.32. The predicted molar refractivity (Wildman–Crippen MR) is 117 cm³/mol. The number of H-pyrrole nitrogens is 1. The van der Waals surface area contributed by atoms with E-state index >= 15 is 0 Å². The summed E-state index contributed by atoms with van der Waals surface area (Å²) in [5.74, 6) is 2.20. The molecule has 1 N–H and O–H groups in total. The van der Waals surface area contributed by atoms with E-state index in [9.17, 15) is 4.79 Å². The van der Waals surface area contributed by atoms with Gasteiger partial charge in [0.25, 0.3) is 5.56 Å². The van der Waals surface area contributed by atoms with Crippen LogP contribution in [0.15, 0.2) is 63.6 Å². The monoisotopic (exact) mass is 422 g/mol. The second-order valence-corrected chi connectivity index (χ2v) is 8.98. The van der Waals surface area contributed by atoms with Gasteiger partial charge >= 0.3 is 0 Å². The van der Waals surface area contributed by atoms with Crippen molar-refractivity contribution in [3.8, 4) is 22.6 Å². The van der Waals surface area contributed by atoms with Crippen LogP contribution in [-0.2, 0) is 0 Å². The Labute approximate surface area is 175 Å². The third-order valence-electron chi connectivity index (χ3n) is 4.76. The number of aromatic amines is 1. The molecule has 5 rings (SSSR count). The van der Waals surface area contributed by atoms with Crippen LogP contribution < -0.4 is 15.0 Å². The zero-order chi connectivity index (χ0) is 19.8. The Hall–Kier alpha value is -2.77. The number of thioether (sulfide) groups is 1. The first-order chi connectivity index (χ1) is 14.2. The van der Waals surface area contributed by atoms with Gasteiger partial charge in [-0.15, -0.1) is 23.1 Å². The fourth-order valence-corrected chi connectivity index (χ4v) is 5.25. The molecule has 1 aliphatic heterocycles. The summed E-state index contributed by atoms with van der Waals surface area (Å²) in [4.78, 5) is 22.4. The van der Waals surface area contributed by atoms with Gasteiger partial charge in [-0.25, -0.2) is 4.98 Å². The molecule has 0 saturated carbocycles. The van der Waals surface area contributed by atoms with E-state index in [1.165, 1.54) is 11.3 Å². The predicted octanol–water partition coefficient (Wildman–Crippen LogP) is 5.28. The van der Waals surface area contributed by atoms with Gasteiger partial charge in [-0.05, 0) is 30.7 Å². The van der Waals surface area contributed by atoms with Gasteiger partial charge in [-0.3, -0.25) is 4.79 Å². The second-order valence-electron chi connectivity index (χ2n) is 6.71. The Morgan fingerprint density at radius 1 is 1.10 bits per heavy atom. The highest BCUT2D eigenvalue weighted by molar-refractivity contribution is 7.99. The van der Waals surface area contributed by atoms with Crippen molar-refractivity contribution in [2.45, 2.75) is 17.1 Å². The number of aromatic nitrogens is 2. The Morgan fingerprint density at radius 3 is 2.72 bits per heavy atom. The summed E-state index contributed by atoms with van der Waals surface area (Å²) in [6.07, 6.45) is 0. The molecule has 4 aromatic rings. The normalized spacial score (nSPS) is 14.1. The maximum absolute atomic E-state index is 12.9. The summed E-state index contributed by atoms with van der Waals surface area (Å²) in [5, 5.41) is 2.64. The van der Waals surface area contributed by atoms with E-state index in [-0.39, 0.29) is 10.8 Å². The molecule has 1 aliphatic rings. The van der Waals surface area contributed by atoms with E-state index in [1.807, 2.05) is 60.8 Å². The summed E-state index contributed by atoms with van der Waals surface area (Å²) in [5.41, 5.74) is 1.86. The van der Waals surface area contributed by atoms with Crippen LogP contribution in [0.3, 0.4) is 0 Å². The van der Waals surface area contributed by atoms with E-state index in [0.717, 1.165) is 32.4 Å². The average Bonchev–Trinajstić information content (AvgIpc) is 3.19. The third kappa shape index (κ3) is 3.52. The molecule has 0 unspecified atom stereocenters. The highest BCUT2D eigenvalue weighted by Crippen LogP contribution is 2.39. The number of hydrogen-bond donors (Lipinski definition) is 1. The van der Waals surface area contributed by atoms with E-state index < -0.39 is 0 Å². The number of ether oxygens (including phenoxy) is 2. The van der Waals surface area contributed by atoms with Crippen LogP contribution in [-0.4, -0.2) is 23.2 Å². The summed E-state index contributed by atoms with van der Waals surface area (Å²) in [6, 6.07) is 15.8. The van der Waals surface area contributed by atoms with Crippen molar-refractivity contribution in [1.29, 1.82) is 0 Å². The number of nitrogens with one attached hydrogen (secondary N) is 1. The quantitative estimate of drug-likeness (QED) is 0.454. The fourth-order valence-electron chi connectivity index (χ4n) is 3.35. The third-order valence-corrected chi connectivity index (χ3v) is 6.73. The molecule has 0 fully saturated rings. The highest BCUT2D eigenvalue weighted by Gasteiger charge is 2.18. The molecule has 7 heteroatoms. The Balaban J connectivity index is 1.45. The van der Waals surface area contributed by atoms with E-state index in [1.54, 1.807) is 11.8 Å². The van der Waals surface area contributed by atoms with Crippen LogP contribution >= 0.6 is 23.1 Å². The topological polar surface area (TPSA) is 64.2 Å². The molecule has 1 atom stereocenters. The largest absolute Gasteiger partial charge is 0.486 e. The van der Waals surface area contributed by atoms with Gasteiger partial charge in [0, 0.05) is 15.8 Å². The lowest BCUT2D eigenvalue weighted by Gasteiger charge is -2.19. The summed E-state index contributed by atoms with van der Waals surface area (Å²) in [7, 11) is 0. The van der Waals surface area contributed by atoms with Crippen LogP contribution in [0.1, 0.15) is 18.0 Å². The van der Waals surface area contributed by atoms with Gasteiger partial charge in [0.05, 0.1) is 10.6 Å². The van der Waals surface area contributed by atoms with Crippen LogP contribution in [0.2, 0.25) is 0 Å². The molecule has 2 aromatic carbocycles. The SMILES string of the molecule is C[C@@H](Sc1ccc2c(c1)OCCO2)c1nc2scc(-c3ccccc3)c2c(=O)[nH]1. The minimum atomic E-state index is -0.0975. The molecule has 3 heterocycles. The van der Waals surface area contributed by atoms with Crippen LogP contribution in [0.5, 0.6) is 11.5 Å². The standard InChI is InChI=1S/C22H18N2O3S2/c1-13(29-15-7-8-17-18(11-15)27-10-9-26-17)20-23-21(25)19-16(12-28-22(19)24-20)14-5-3-2-4-6-14/h2-8,11-13H,9-10H2,1H3,(H,23,24,25)/t13-/m1/s1. The van der Waals surface area contributed by atoms with Gasteiger partial charge in [-0.2, -0.15) is 0 Å². The van der Waals surface area contributed by atoms with Crippen molar-refractivity contribution in [3.05, 3.63) is 70.1 Å². The van der Waals surface area contributed by atoms with E-state index in [2.05, 4.69) is 4.98 Å². The number of nitrogens with zero attached hydrogens (tertiary/aromatic N) is 1. The van der Waals surface area contributed by atoms with Gasteiger partial charge in [-0.1, -0.05) is 30.3 Å². The van der Waals surface area contributed by atoms with Gasteiger partial charge in [0.15, 0.2) is 11.5 Å². The molecular weight excluding hydrogens is 404 g/mol. The fraction of sp³-hybridized carbons (Fsp3) is 0.182. The van der Waals surface area contributed by atoms with Crippen molar-refractivity contribution in [2.75, 3.05) is 13.2 Å². The van der Waals surface area contributed by atoms with Gasteiger partial charge in [0.1, 0.15) is 23.9 Å². The number of fused-ring (bicyclic) bond motifs is 2. The molecular formula is C22H18N2O3S2. The summed E-state index contributed by atoms with van der Waals surface area (Å²) < 4.78 is 11.2. The van der Waals surface area contributed by atoms with Crippen LogP contribution in [0.25, 0.3) is 21.3 Å². The van der Waals surface area contributed by atoms with Crippen molar-refractivity contribution in [2.24, 2.45) is 0 Å². The summed E-state index contributed by atoms with van der Waals surface area (Å²) in [6.45, 7) is 3.18. The lowest BCUT2D eigenvalue weighted by molar-refractivity contribution is 0.171. The van der Waals surface area contributed by atoms with E-state index in [4.69, 9.17) is 14.5 Å².